The largest absolute Gasteiger partial charge is 0.480 e. The number of amides is 3. The van der Waals surface area contributed by atoms with E-state index in [0.29, 0.717) is 13.1 Å². The van der Waals surface area contributed by atoms with Gasteiger partial charge in [-0.1, -0.05) is 6.92 Å². The smallest absolute Gasteiger partial charge is 0.329 e. The van der Waals surface area contributed by atoms with E-state index in [0.717, 1.165) is 6.42 Å². The highest BCUT2D eigenvalue weighted by molar-refractivity contribution is 5.94. The highest BCUT2D eigenvalue weighted by atomic mass is 16.5. The van der Waals surface area contributed by atoms with Crippen LogP contribution in [-0.2, 0) is 14.3 Å². The third kappa shape index (κ3) is 7.29. The zero-order valence-electron chi connectivity index (χ0n) is 10.1. The number of carbonyl (C=O) groups is 3. The number of urea groups is 1. The molecule has 0 aromatic carbocycles. The van der Waals surface area contributed by atoms with E-state index in [4.69, 9.17) is 5.11 Å². The van der Waals surface area contributed by atoms with Crippen molar-refractivity contribution < 1.29 is 24.2 Å². The van der Waals surface area contributed by atoms with Crippen molar-refractivity contribution in [2.24, 2.45) is 0 Å². The Balaban J connectivity index is 3.93. The van der Waals surface area contributed by atoms with Gasteiger partial charge in [-0.3, -0.25) is 10.1 Å². The summed E-state index contributed by atoms with van der Waals surface area (Å²) in [6.45, 7) is 3.79. The van der Waals surface area contributed by atoms with Gasteiger partial charge in [0.25, 0.3) is 5.91 Å². The molecule has 0 spiro atoms. The summed E-state index contributed by atoms with van der Waals surface area (Å²) in [5.41, 5.74) is 0. The Bertz CT molecular complexity index is 280. The van der Waals surface area contributed by atoms with Crippen LogP contribution in [0.5, 0.6) is 0 Å². The predicted octanol–water partition coefficient (Wildman–Crippen LogP) is 0.0557. The molecule has 17 heavy (non-hydrogen) atoms. The van der Waals surface area contributed by atoms with Gasteiger partial charge in [0, 0.05) is 13.1 Å². The Hall–Kier alpha value is -1.63. The Morgan fingerprint density at radius 2 is 1.88 bits per heavy atom. The van der Waals surface area contributed by atoms with Crippen molar-refractivity contribution in [3.63, 3.8) is 0 Å². The average molecular weight is 246 g/mol. The second-order valence-corrected chi connectivity index (χ2v) is 3.32. The van der Waals surface area contributed by atoms with Crippen molar-refractivity contribution in [1.29, 1.82) is 0 Å². The number of rotatable bonds is 7. The van der Waals surface area contributed by atoms with Crippen molar-refractivity contribution in [3.8, 4) is 0 Å². The molecule has 0 aromatic heterocycles. The minimum absolute atomic E-state index is 0.443. The lowest BCUT2D eigenvalue weighted by molar-refractivity contribution is -0.143. The van der Waals surface area contributed by atoms with E-state index in [2.05, 4.69) is 10.1 Å². The molecule has 7 nitrogen and oxygen atoms in total. The number of aliphatic carboxylic acids is 1. The summed E-state index contributed by atoms with van der Waals surface area (Å²) in [7, 11) is 0. The van der Waals surface area contributed by atoms with E-state index in [-0.39, 0.29) is 0 Å². The fraction of sp³-hybridized carbons (Fsp3) is 0.700. The second kappa shape index (κ2) is 8.51. The molecule has 0 aliphatic heterocycles. The second-order valence-electron chi connectivity index (χ2n) is 3.32. The van der Waals surface area contributed by atoms with Crippen LogP contribution in [0.2, 0.25) is 0 Å². The standard InChI is InChI=1S/C10H18N2O5/c1-3-5-12(4-2)10(16)11-8(13)6-17-7-9(14)15/h3-7H2,1-2H3,(H,14,15)(H,11,13,16). The van der Waals surface area contributed by atoms with Gasteiger partial charge in [0.05, 0.1) is 0 Å². The number of imide groups is 1. The normalized spacial score (nSPS) is 9.76. The molecule has 7 heteroatoms. The maximum Gasteiger partial charge on any atom is 0.329 e. The van der Waals surface area contributed by atoms with Gasteiger partial charge in [-0.05, 0) is 13.3 Å². The monoisotopic (exact) mass is 246 g/mol. The Labute approximate surface area is 99.7 Å². The van der Waals surface area contributed by atoms with E-state index in [9.17, 15) is 14.4 Å². The van der Waals surface area contributed by atoms with Crippen molar-refractivity contribution in [3.05, 3.63) is 0 Å². The Kier molecular flexibility index (Phi) is 7.70. The number of carbonyl (C=O) groups excluding carboxylic acids is 2. The Morgan fingerprint density at radius 1 is 1.24 bits per heavy atom. The average Bonchev–Trinajstić information content (AvgIpc) is 2.24. The molecular formula is C10H18N2O5. The van der Waals surface area contributed by atoms with E-state index < -0.39 is 31.1 Å². The summed E-state index contributed by atoms with van der Waals surface area (Å²) in [6, 6.07) is -0.488. The lowest BCUT2D eigenvalue weighted by atomic mass is 10.4. The molecule has 0 radical (unpaired) electrons. The van der Waals surface area contributed by atoms with Gasteiger partial charge in [-0.15, -0.1) is 0 Å². The topological polar surface area (TPSA) is 95.9 Å². The minimum Gasteiger partial charge on any atom is -0.480 e. The van der Waals surface area contributed by atoms with Crippen molar-refractivity contribution in [2.75, 3.05) is 26.3 Å². The molecule has 0 bridgehead atoms. The molecule has 0 heterocycles. The summed E-state index contributed by atoms with van der Waals surface area (Å²) in [5.74, 6) is -1.81. The van der Waals surface area contributed by atoms with Crippen LogP contribution in [-0.4, -0.2) is 54.2 Å². The highest BCUT2D eigenvalue weighted by Crippen LogP contribution is 1.91. The van der Waals surface area contributed by atoms with Crippen molar-refractivity contribution >= 4 is 17.9 Å². The summed E-state index contributed by atoms with van der Waals surface area (Å²) in [6.07, 6.45) is 0.797. The van der Waals surface area contributed by atoms with Crippen LogP contribution in [0.15, 0.2) is 0 Å². The molecule has 3 amide bonds. The number of hydrogen-bond donors (Lipinski definition) is 2. The lowest BCUT2D eigenvalue weighted by Gasteiger charge is -2.19. The van der Waals surface area contributed by atoms with Crippen LogP contribution in [0.4, 0.5) is 4.79 Å². The number of carboxylic acid groups (broad SMARTS) is 1. The summed E-state index contributed by atoms with van der Waals surface area (Å²) < 4.78 is 4.55. The molecule has 0 aliphatic carbocycles. The van der Waals surface area contributed by atoms with Crippen LogP contribution < -0.4 is 5.32 Å². The molecule has 0 saturated heterocycles. The van der Waals surface area contributed by atoms with Crippen LogP contribution in [0.1, 0.15) is 20.3 Å². The van der Waals surface area contributed by atoms with Crippen LogP contribution in [0.25, 0.3) is 0 Å². The summed E-state index contributed by atoms with van der Waals surface area (Å²) >= 11 is 0. The van der Waals surface area contributed by atoms with Gasteiger partial charge < -0.3 is 14.7 Å². The van der Waals surface area contributed by atoms with Crippen molar-refractivity contribution in [2.45, 2.75) is 20.3 Å². The first-order valence-electron chi connectivity index (χ1n) is 5.39. The predicted molar refractivity (Wildman–Crippen MR) is 59.5 cm³/mol. The molecule has 98 valence electrons. The van der Waals surface area contributed by atoms with Gasteiger partial charge >= 0.3 is 12.0 Å². The molecule has 0 aromatic rings. The Morgan fingerprint density at radius 3 is 2.35 bits per heavy atom. The number of nitrogens with zero attached hydrogens (tertiary/aromatic N) is 1. The molecule has 0 saturated carbocycles. The third-order valence-corrected chi connectivity index (χ3v) is 1.87. The third-order valence-electron chi connectivity index (χ3n) is 1.87. The van der Waals surface area contributed by atoms with Crippen molar-refractivity contribution in [1.82, 2.24) is 10.2 Å². The molecule has 0 unspecified atom stereocenters. The van der Waals surface area contributed by atoms with Crippen LogP contribution in [0, 0.1) is 0 Å². The number of ether oxygens (including phenoxy) is 1. The maximum atomic E-state index is 11.5. The number of hydrogen-bond acceptors (Lipinski definition) is 4. The van der Waals surface area contributed by atoms with E-state index in [1.165, 1.54) is 4.90 Å². The molecular weight excluding hydrogens is 228 g/mol. The zero-order valence-corrected chi connectivity index (χ0v) is 10.1. The minimum atomic E-state index is -1.16. The number of nitrogens with one attached hydrogen (secondary N) is 1. The van der Waals surface area contributed by atoms with Crippen LogP contribution in [0.3, 0.4) is 0 Å². The van der Waals surface area contributed by atoms with Gasteiger partial charge in [0.2, 0.25) is 0 Å². The van der Waals surface area contributed by atoms with E-state index in [1.54, 1.807) is 6.92 Å². The molecule has 0 atom stereocenters. The lowest BCUT2D eigenvalue weighted by Crippen LogP contribution is -2.44. The first-order valence-corrected chi connectivity index (χ1v) is 5.39. The first kappa shape index (κ1) is 15.4. The first-order chi connectivity index (χ1) is 8.01. The maximum absolute atomic E-state index is 11.5. The number of carboxylic acids is 1. The highest BCUT2D eigenvalue weighted by Gasteiger charge is 2.14. The molecule has 0 rings (SSSR count). The SMILES string of the molecule is CCCN(CC)C(=O)NC(=O)COCC(=O)O. The molecule has 0 fully saturated rings. The molecule has 2 N–H and O–H groups in total. The summed E-state index contributed by atoms with van der Waals surface area (Å²) in [5, 5.41) is 10.4. The van der Waals surface area contributed by atoms with Crippen LogP contribution >= 0.6 is 0 Å². The fourth-order valence-electron chi connectivity index (χ4n) is 1.14. The fourth-order valence-corrected chi connectivity index (χ4v) is 1.14. The summed E-state index contributed by atoms with van der Waals surface area (Å²) in [4.78, 5) is 34.3. The van der Waals surface area contributed by atoms with Gasteiger partial charge in [0.15, 0.2) is 0 Å². The molecule has 0 aliphatic rings. The van der Waals surface area contributed by atoms with Gasteiger partial charge in [0.1, 0.15) is 13.2 Å². The quantitative estimate of drug-likeness (QED) is 0.662. The van der Waals surface area contributed by atoms with Gasteiger partial charge in [-0.2, -0.15) is 0 Å². The van der Waals surface area contributed by atoms with E-state index in [1.807, 2.05) is 6.92 Å². The van der Waals surface area contributed by atoms with E-state index >= 15 is 0 Å². The van der Waals surface area contributed by atoms with Gasteiger partial charge in [-0.25, -0.2) is 9.59 Å². The zero-order chi connectivity index (χ0) is 13.3.